The van der Waals surface area contributed by atoms with E-state index in [1.54, 1.807) is 0 Å². The van der Waals surface area contributed by atoms with Gasteiger partial charge in [0.25, 0.3) is 0 Å². The van der Waals surface area contributed by atoms with Gasteiger partial charge in [0.2, 0.25) is 0 Å². The van der Waals surface area contributed by atoms with Crippen LogP contribution in [0.2, 0.25) is 0 Å². The minimum Gasteiger partial charge on any atom is -0.465 e. The molecule has 0 aliphatic rings. The van der Waals surface area contributed by atoms with E-state index in [-0.39, 0.29) is 11.4 Å². The summed E-state index contributed by atoms with van der Waals surface area (Å²) in [4.78, 5) is 21.3. The minimum atomic E-state index is -0.673. The van der Waals surface area contributed by atoms with Crippen LogP contribution in [-0.2, 0) is 14.9 Å². The van der Waals surface area contributed by atoms with E-state index in [1.807, 2.05) is 27.0 Å². The molecule has 6 heteroatoms. The van der Waals surface area contributed by atoms with Gasteiger partial charge in [-0.1, -0.05) is 20.8 Å². The third kappa shape index (κ3) is 4.86. The number of esters is 1. The summed E-state index contributed by atoms with van der Waals surface area (Å²) >= 11 is 5.15. The molecule has 0 amide bonds. The monoisotopic (exact) mass is 474 g/mol. The molecule has 2 heterocycles. The number of thioether (sulfide) groups is 1. The fourth-order valence-corrected chi connectivity index (χ4v) is 4.64. The zero-order valence-electron chi connectivity index (χ0n) is 17.7. The molecule has 0 unspecified atom stereocenters. The fourth-order valence-electron chi connectivity index (χ4n) is 3.02. The third-order valence-electron chi connectivity index (χ3n) is 4.71. The van der Waals surface area contributed by atoms with Crippen LogP contribution in [0.15, 0.2) is 45.9 Å². The van der Waals surface area contributed by atoms with Crippen molar-refractivity contribution in [3.8, 4) is 11.4 Å². The summed E-state index contributed by atoms with van der Waals surface area (Å²) in [5, 5.41) is 1.08. The summed E-state index contributed by atoms with van der Waals surface area (Å²) in [5.41, 5.74) is 4.23. The molecule has 0 radical (unpaired) electrons. The van der Waals surface area contributed by atoms with Crippen LogP contribution in [0.25, 0.3) is 22.3 Å². The number of aromatic amines is 1. The Morgan fingerprint density at radius 2 is 1.90 bits per heavy atom. The summed E-state index contributed by atoms with van der Waals surface area (Å²) in [6, 6.07) is 10.5. The number of nitrogens with zero attached hydrogens (tertiary/aromatic N) is 1. The van der Waals surface area contributed by atoms with Crippen molar-refractivity contribution < 1.29 is 9.53 Å². The second kappa shape index (κ2) is 8.15. The lowest BCUT2D eigenvalue weighted by atomic mass is 9.87. The SMILES string of the molecule is CCOC(=O)C(C)(C)Sc1cc2cc(-c3cc(C(C)(C)C)ccn3)[nH]c2cc1Br. The maximum atomic E-state index is 12.3. The Morgan fingerprint density at radius 3 is 2.55 bits per heavy atom. The van der Waals surface area contributed by atoms with Crippen LogP contribution < -0.4 is 0 Å². The predicted molar refractivity (Wildman–Crippen MR) is 124 cm³/mol. The number of carbonyl (C=O) groups is 1. The zero-order chi connectivity index (χ0) is 21.4. The third-order valence-corrected chi connectivity index (χ3v) is 6.86. The lowest BCUT2D eigenvalue weighted by Crippen LogP contribution is -2.29. The molecule has 0 bridgehead atoms. The molecule has 1 N–H and O–H groups in total. The number of nitrogens with one attached hydrogen (secondary N) is 1. The smallest absolute Gasteiger partial charge is 0.321 e. The highest BCUT2D eigenvalue weighted by Crippen LogP contribution is 2.40. The van der Waals surface area contributed by atoms with Crippen LogP contribution in [0.3, 0.4) is 0 Å². The quantitative estimate of drug-likeness (QED) is 0.329. The van der Waals surface area contributed by atoms with Crippen molar-refractivity contribution in [1.29, 1.82) is 0 Å². The van der Waals surface area contributed by atoms with Crippen molar-refractivity contribution in [2.75, 3.05) is 6.61 Å². The molecule has 1 aromatic carbocycles. The van der Waals surface area contributed by atoms with Gasteiger partial charge in [0.1, 0.15) is 4.75 Å². The Morgan fingerprint density at radius 1 is 1.17 bits per heavy atom. The molecule has 0 atom stereocenters. The predicted octanol–water partition coefficient (Wildman–Crippen LogP) is 6.72. The number of H-pyrrole nitrogens is 1. The van der Waals surface area contributed by atoms with E-state index in [1.165, 1.54) is 17.3 Å². The van der Waals surface area contributed by atoms with Crippen LogP contribution >= 0.6 is 27.7 Å². The minimum absolute atomic E-state index is 0.0647. The first-order valence-electron chi connectivity index (χ1n) is 9.66. The molecule has 2 aromatic heterocycles. The molecular weight excluding hydrogens is 448 g/mol. The Kier molecular flexibility index (Phi) is 6.16. The Labute approximate surface area is 185 Å². The Bertz CT molecular complexity index is 1050. The number of hydrogen-bond acceptors (Lipinski definition) is 4. The van der Waals surface area contributed by atoms with Gasteiger partial charge in [-0.25, -0.2) is 0 Å². The summed E-state index contributed by atoms with van der Waals surface area (Å²) in [7, 11) is 0. The maximum Gasteiger partial charge on any atom is 0.321 e. The van der Waals surface area contributed by atoms with Gasteiger partial charge in [0.15, 0.2) is 0 Å². The van der Waals surface area contributed by atoms with Crippen LogP contribution in [-0.4, -0.2) is 27.3 Å². The van der Waals surface area contributed by atoms with Gasteiger partial charge in [-0.15, -0.1) is 11.8 Å². The van der Waals surface area contributed by atoms with Crippen LogP contribution in [0, 0.1) is 0 Å². The molecule has 3 aromatic rings. The van der Waals surface area contributed by atoms with E-state index in [0.29, 0.717) is 6.61 Å². The van der Waals surface area contributed by atoms with Gasteiger partial charge in [-0.2, -0.15) is 0 Å². The second-order valence-electron chi connectivity index (χ2n) is 8.57. The molecular formula is C23H27BrN2O2S. The number of ether oxygens (including phenoxy) is 1. The topological polar surface area (TPSA) is 55.0 Å². The van der Waals surface area contributed by atoms with Crippen molar-refractivity contribution in [2.45, 2.75) is 56.6 Å². The molecule has 4 nitrogen and oxygen atoms in total. The van der Waals surface area contributed by atoms with Crippen molar-refractivity contribution in [2.24, 2.45) is 0 Å². The van der Waals surface area contributed by atoms with Gasteiger partial charge in [0, 0.05) is 26.5 Å². The van der Waals surface area contributed by atoms with E-state index in [0.717, 1.165) is 31.7 Å². The molecule has 29 heavy (non-hydrogen) atoms. The average molecular weight is 475 g/mol. The molecule has 0 aliphatic heterocycles. The van der Waals surface area contributed by atoms with Crippen molar-refractivity contribution >= 4 is 44.6 Å². The number of rotatable bonds is 5. The van der Waals surface area contributed by atoms with Gasteiger partial charge < -0.3 is 9.72 Å². The normalized spacial score (nSPS) is 12.4. The highest BCUT2D eigenvalue weighted by atomic mass is 79.9. The largest absolute Gasteiger partial charge is 0.465 e. The summed E-state index contributed by atoms with van der Waals surface area (Å²) in [5.74, 6) is -0.213. The number of benzene rings is 1. The summed E-state index contributed by atoms with van der Waals surface area (Å²) < 4.78 is 5.49. The molecule has 0 spiro atoms. The van der Waals surface area contributed by atoms with E-state index < -0.39 is 4.75 Å². The van der Waals surface area contributed by atoms with Gasteiger partial charge in [-0.05, 0) is 78.0 Å². The van der Waals surface area contributed by atoms with Crippen LogP contribution in [0.1, 0.15) is 47.1 Å². The molecule has 0 aliphatic carbocycles. The fraction of sp³-hybridized carbons (Fsp3) is 0.391. The maximum absolute atomic E-state index is 12.3. The number of halogens is 1. The second-order valence-corrected chi connectivity index (χ2v) is 11.1. The lowest BCUT2D eigenvalue weighted by molar-refractivity contribution is -0.145. The molecule has 0 fully saturated rings. The Balaban J connectivity index is 1.97. The van der Waals surface area contributed by atoms with E-state index >= 15 is 0 Å². The van der Waals surface area contributed by atoms with E-state index in [9.17, 15) is 4.79 Å². The molecule has 0 saturated carbocycles. The van der Waals surface area contributed by atoms with E-state index in [2.05, 4.69) is 77.0 Å². The average Bonchev–Trinajstić information content (AvgIpc) is 3.04. The van der Waals surface area contributed by atoms with Gasteiger partial charge in [0.05, 0.1) is 18.0 Å². The molecule has 3 rings (SSSR count). The number of carbonyl (C=O) groups excluding carboxylic acids is 1. The summed E-state index contributed by atoms with van der Waals surface area (Å²) in [6.07, 6.45) is 1.86. The highest BCUT2D eigenvalue weighted by Gasteiger charge is 2.31. The first-order chi connectivity index (χ1) is 13.5. The molecule has 154 valence electrons. The van der Waals surface area contributed by atoms with Crippen molar-refractivity contribution in [3.63, 3.8) is 0 Å². The lowest BCUT2D eigenvalue weighted by Gasteiger charge is -2.22. The number of fused-ring (bicyclic) bond motifs is 1. The standard InChI is InChI=1S/C23H27BrN2O2S/c1-7-28-21(27)23(5,6)29-20-11-14-10-19(26-17(14)13-16(20)24)18-12-15(8-9-25-18)22(2,3)4/h8-13,26H,7H2,1-6H3. The number of pyridine rings is 1. The van der Waals surface area contributed by atoms with Crippen molar-refractivity contribution in [1.82, 2.24) is 9.97 Å². The molecule has 0 saturated heterocycles. The van der Waals surface area contributed by atoms with Gasteiger partial charge in [-0.3, -0.25) is 9.78 Å². The Hall–Kier alpha value is -1.79. The summed E-state index contributed by atoms with van der Waals surface area (Å²) in [6.45, 7) is 12.6. The van der Waals surface area contributed by atoms with Crippen molar-refractivity contribution in [3.05, 3.63) is 46.6 Å². The number of hydrogen-bond donors (Lipinski definition) is 1. The zero-order valence-corrected chi connectivity index (χ0v) is 20.1. The van der Waals surface area contributed by atoms with Crippen LogP contribution in [0.5, 0.6) is 0 Å². The highest BCUT2D eigenvalue weighted by molar-refractivity contribution is 9.10. The van der Waals surface area contributed by atoms with E-state index in [4.69, 9.17) is 4.74 Å². The first-order valence-corrected chi connectivity index (χ1v) is 11.3. The number of aromatic nitrogens is 2. The first kappa shape index (κ1) is 21.9. The van der Waals surface area contributed by atoms with Crippen LogP contribution in [0.4, 0.5) is 0 Å². The van der Waals surface area contributed by atoms with Gasteiger partial charge >= 0.3 is 5.97 Å².